The molecule has 0 bridgehead atoms. The van der Waals surface area contributed by atoms with E-state index in [9.17, 15) is 9.18 Å². The second-order valence-electron chi connectivity index (χ2n) is 5.36. The minimum atomic E-state index is -0.382. The van der Waals surface area contributed by atoms with E-state index in [4.69, 9.17) is 4.74 Å². The molecule has 1 aromatic rings. The number of hydrogen-bond donors (Lipinski definition) is 1. The number of carbonyl (C=O) groups is 1. The molecule has 18 heavy (non-hydrogen) atoms. The number of halogens is 1. The number of anilines is 1. The van der Waals surface area contributed by atoms with Crippen molar-refractivity contribution in [1.29, 1.82) is 0 Å². The average Bonchev–Trinajstić information content (AvgIpc) is 2.20. The molecule has 0 spiro atoms. The van der Waals surface area contributed by atoms with Crippen LogP contribution in [-0.2, 0) is 4.79 Å². The molecule has 0 aliphatic carbocycles. The maximum Gasteiger partial charge on any atom is 0.224 e. The molecule has 1 N–H and O–H groups in total. The molecule has 1 amide bonds. The van der Waals surface area contributed by atoms with Crippen LogP contribution >= 0.6 is 0 Å². The van der Waals surface area contributed by atoms with Gasteiger partial charge in [0.2, 0.25) is 5.91 Å². The van der Waals surface area contributed by atoms with Gasteiger partial charge in [-0.15, -0.1) is 0 Å². The van der Waals surface area contributed by atoms with Crippen molar-refractivity contribution in [2.24, 2.45) is 5.41 Å². The highest BCUT2D eigenvalue weighted by Crippen LogP contribution is 2.27. The third-order valence-electron chi connectivity index (χ3n) is 2.21. The van der Waals surface area contributed by atoms with Gasteiger partial charge in [-0.1, -0.05) is 20.8 Å². The summed E-state index contributed by atoms with van der Waals surface area (Å²) in [6.07, 6.45) is 0.399. The lowest BCUT2D eigenvalue weighted by atomic mass is 9.92. The van der Waals surface area contributed by atoms with Crippen LogP contribution in [0.1, 0.15) is 34.1 Å². The third kappa shape index (κ3) is 4.73. The van der Waals surface area contributed by atoms with Crippen LogP contribution in [-0.4, -0.2) is 12.5 Å². The second-order valence-corrected chi connectivity index (χ2v) is 5.36. The molecule has 1 rings (SSSR count). The standard InChI is InChI=1S/C14H20FNO2/c1-5-18-12-8-10(15)6-7-11(12)16-13(17)9-14(2,3)4/h6-8H,5,9H2,1-4H3,(H,16,17). The van der Waals surface area contributed by atoms with Crippen LogP contribution in [0, 0.1) is 11.2 Å². The van der Waals surface area contributed by atoms with Crippen molar-refractivity contribution in [3.8, 4) is 5.75 Å². The first-order chi connectivity index (χ1) is 8.31. The molecule has 3 nitrogen and oxygen atoms in total. The first-order valence-electron chi connectivity index (χ1n) is 6.04. The van der Waals surface area contributed by atoms with E-state index in [0.29, 0.717) is 24.5 Å². The van der Waals surface area contributed by atoms with Gasteiger partial charge in [0.15, 0.2) is 0 Å². The maximum atomic E-state index is 13.1. The van der Waals surface area contributed by atoms with Gasteiger partial charge in [0.1, 0.15) is 11.6 Å². The SMILES string of the molecule is CCOc1cc(F)ccc1NC(=O)CC(C)(C)C. The van der Waals surface area contributed by atoms with E-state index >= 15 is 0 Å². The number of benzene rings is 1. The fraction of sp³-hybridized carbons (Fsp3) is 0.500. The van der Waals surface area contributed by atoms with E-state index in [0.717, 1.165) is 0 Å². The Kier molecular flexibility index (Phi) is 4.70. The molecule has 1 aromatic carbocycles. The predicted octanol–water partition coefficient (Wildman–Crippen LogP) is 3.60. The minimum absolute atomic E-state index is 0.0874. The van der Waals surface area contributed by atoms with Gasteiger partial charge in [-0.3, -0.25) is 4.79 Å². The molecule has 4 heteroatoms. The zero-order valence-corrected chi connectivity index (χ0v) is 11.3. The van der Waals surface area contributed by atoms with Crippen LogP contribution in [0.25, 0.3) is 0 Å². The Bertz CT molecular complexity index is 424. The molecule has 0 radical (unpaired) electrons. The Morgan fingerprint density at radius 1 is 1.39 bits per heavy atom. The van der Waals surface area contributed by atoms with Crippen molar-refractivity contribution < 1.29 is 13.9 Å². The average molecular weight is 253 g/mol. The molecule has 0 aromatic heterocycles. The van der Waals surface area contributed by atoms with Gasteiger partial charge in [-0.2, -0.15) is 0 Å². The summed E-state index contributed by atoms with van der Waals surface area (Å²) in [5, 5.41) is 2.75. The smallest absolute Gasteiger partial charge is 0.224 e. The van der Waals surface area contributed by atoms with Crippen LogP contribution in [0.4, 0.5) is 10.1 Å². The zero-order valence-electron chi connectivity index (χ0n) is 11.3. The Labute approximate surface area is 107 Å². The fourth-order valence-electron chi connectivity index (χ4n) is 1.55. The molecule has 0 atom stereocenters. The highest BCUT2D eigenvalue weighted by atomic mass is 19.1. The Morgan fingerprint density at radius 2 is 2.06 bits per heavy atom. The molecule has 0 aliphatic heterocycles. The quantitative estimate of drug-likeness (QED) is 0.890. The lowest BCUT2D eigenvalue weighted by Crippen LogP contribution is -2.20. The molecule has 0 saturated heterocycles. The summed E-state index contributed by atoms with van der Waals surface area (Å²) in [6, 6.07) is 4.09. The Balaban J connectivity index is 2.80. The number of hydrogen-bond acceptors (Lipinski definition) is 2. The monoisotopic (exact) mass is 253 g/mol. The summed E-state index contributed by atoms with van der Waals surface area (Å²) in [5.74, 6) is -0.123. The van der Waals surface area contributed by atoms with Gasteiger partial charge in [-0.25, -0.2) is 4.39 Å². The third-order valence-corrected chi connectivity index (χ3v) is 2.21. The highest BCUT2D eigenvalue weighted by Gasteiger charge is 2.17. The van der Waals surface area contributed by atoms with Crippen molar-refractivity contribution in [3.05, 3.63) is 24.0 Å². The topological polar surface area (TPSA) is 38.3 Å². The normalized spacial score (nSPS) is 11.2. The van der Waals surface area contributed by atoms with Gasteiger partial charge in [0.05, 0.1) is 12.3 Å². The summed E-state index contributed by atoms with van der Waals surface area (Å²) >= 11 is 0. The first kappa shape index (κ1) is 14.5. The summed E-state index contributed by atoms with van der Waals surface area (Å²) < 4.78 is 18.4. The van der Waals surface area contributed by atoms with Crippen molar-refractivity contribution >= 4 is 11.6 Å². The predicted molar refractivity (Wildman–Crippen MR) is 70.3 cm³/mol. The maximum absolute atomic E-state index is 13.1. The van der Waals surface area contributed by atoms with Crippen LogP contribution in [0.15, 0.2) is 18.2 Å². The molecular weight excluding hydrogens is 233 g/mol. The lowest BCUT2D eigenvalue weighted by molar-refractivity contribution is -0.117. The van der Waals surface area contributed by atoms with Crippen molar-refractivity contribution in [2.75, 3.05) is 11.9 Å². The van der Waals surface area contributed by atoms with Gasteiger partial charge in [0.25, 0.3) is 0 Å². The van der Waals surface area contributed by atoms with Gasteiger partial charge < -0.3 is 10.1 Å². The lowest BCUT2D eigenvalue weighted by Gasteiger charge is -2.18. The van der Waals surface area contributed by atoms with Crippen molar-refractivity contribution in [1.82, 2.24) is 0 Å². The van der Waals surface area contributed by atoms with E-state index < -0.39 is 0 Å². The van der Waals surface area contributed by atoms with Crippen molar-refractivity contribution in [2.45, 2.75) is 34.1 Å². The summed E-state index contributed by atoms with van der Waals surface area (Å²) in [5.41, 5.74) is 0.420. The van der Waals surface area contributed by atoms with Gasteiger partial charge >= 0.3 is 0 Å². The van der Waals surface area contributed by atoms with Crippen LogP contribution in [0.3, 0.4) is 0 Å². The van der Waals surface area contributed by atoms with Crippen LogP contribution < -0.4 is 10.1 Å². The molecule has 0 aliphatic rings. The van der Waals surface area contributed by atoms with Gasteiger partial charge in [-0.05, 0) is 24.5 Å². The first-order valence-corrected chi connectivity index (χ1v) is 6.04. The highest BCUT2D eigenvalue weighted by molar-refractivity contribution is 5.92. The number of nitrogens with one attached hydrogen (secondary N) is 1. The summed E-state index contributed by atoms with van der Waals surface area (Å²) in [7, 11) is 0. The number of amides is 1. The Morgan fingerprint density at radius 3 is 2.61 bits per heavy atom. The summed E-state index contributed by atoms with van der Waals surface area (Å²) in [4.78, 5) is 11.8. The van der Waals surface area contributed by atoms with E-state index in [-0.39, 0.29) is 17.1 Å². The van der Waals surface area contributed by atoms with Gasteiger partial charge in [0, 0.05) is 12.5 Å². The molecular formula is C14H20FNO2. The molecule has 0 heterocycles. The van der Waals surface area contributed by atoms with E-state index in [1.54, 1.807) is 0 Å². The number of carbonyl (C=O) groups excluding carboxylic acids is 1. The largest absolute Gasteiger partial charge is 0.492 e. The van der Waals surface area contributed by atoms with Crippen molar-refractivity contribution in [3.63, 3.8) is 0 Å². The second kappa shape index (κ2) is 5.85. The number of ether oxygens (including phenoxy) is 1. The van der Waals surface area contributed by atoms with E-state index in [1.807, 2.05) is 27.7 Å². The number of rotatable bonds is 4. The van der Waals surface area contributed by atoms with Crippen LogP contribution in [0.2, 0.25) is 0 Å². The summed E-state index contributed by atoms with van der Waals surface area (Å²) in [6.45, 7) is 8.19. The fourth-order valence-corrected chi connectivity index (χ4v) is 1.55. The Hall–Kier alpha value is -1.58. The molecule has 0 saturated carbocycles. The zero-order chi connectivity index (χ0) is 13.8. The van der Waals surface area contributed by atoms with E-state index in [1.165, 1.54) is 18.2 Å². The minimum Gasteiger partial charge on any atom is -0.492 e. The van der Waals surface area contributed by atoms with E-state index in [2.05, 4.69) is 5.32 Å². The molecule has 0 unspecified atom stereocenters. The molecule has 0 fully saturated rings. The van der Waals surface area contributed by atoms with Crippen LogP contribution in [0.5, 0.6) is 5.75 Å². The molecule has 100 valence electrons.